The van der Waals surface area contributed by atoms with E-state index in [4.69, 9.17) is 0 Å². The molecule has 5 rings (SSSR count). The number of benzene rings is 3. The number of carbonyl (C=O) groups is 1. The van der Waals surface area contributed by atoms with E-state index in [1.807, 2.05) is 31.4 Å². The fourth-order valence-electron chi connectivity index (χ4n) is 4.48. The number of hydrogen-bond donors (Lipinski definition) is 1. The Morgan fingerprint density at radius 1 is 1.03 bits per heavy atom. The molecule has 7 heteroatoms. The molecule has 2 heterocycles. The van der Waals surface area contributed by atoms with E-state index < -0.39 is 5.41 Å². The SMILES string of the molecule is Cc1ccc(C(c2ccc3c(cnn3-c3ccc(F)cc3)c2)C(C)(C)C(=O)Nc2nccs2)cc1. The molecule has 2 aromatic heterocycles. The van der Waals surface area contributed by atoms with Crippen LogP contribution in [0.4, 0.5) is 9.52 Å². The molecule has 0 saturated heterocycles. The highest BCUT2D eigenvalue weighted by Crippen LogP contribution is 2.43. The molecule has 0 radical (unpaired) electrons. The Morgan fingerprint density at radius 3 is 2.43 bits per heavy atom. The van der Waals surface area contributed by atoms with Crippen molar-refractivity contribution in [1.29, 1.82) is 0 Å². The summed E-state index contributed by atoms with van der Waals surface area (Å²) in [7, 11) is 0. The van der Waals surface area contributed by atoms with Crippen LogP contribution in [0.2, 0.25) is 0 Å². The number of aryl methyl sites for hydroxylation is 1. The van der Waals surface area contributed by atoms with E-state index in [2.05, 4.69) is 52.7 Å². The number of thiazole rings is 1. The normalized spacial score (nSPS) is 12.6. The first-order chi connectivity index (χ1) is 16.8. The lowest BCUT2D eigenvalue weighted by Gasteiger charge is -2.34. The van der Waals surface area contributed by atoms with Crippen LogP contribution in [-0.4, -0.2) is 20.7 Å². The summed E-state index contributed by atoms with van der Waals surface area (Å²) in [5, 5.41) is 10.9. The summed E-state index contributed by atoms with van der Waals surface area (Å²) in [5.41, 5.74) is 4.15. The predicted octanol–water partition coefficient (Wildman–Crippen LogP) is 6.73. The summed E-state index contributed by atoms with van der Waals surface area (Å²) in [6.07, 6.45) is 3.48. The van der Waals surface area contributed by atoms with Crippen LogP contribution in [0, 0.1) is 18.2 Å². The molecule has 0 spiro atoms. The van der Waals surface area contributed by atoms with Crippen LogP contribution in [0.3, 0.4) is 0 Å². The number of rotatable bonds is 6. The molecule has 0 fully saturated rings. The number of carbonyl (C=O) groups excluding carboxylic acids is 1. The topological polar surface area (TPSA) is 59.8 Å². The second kappa shape index (κ2) is 9.07. The fourth-order valence-corrected chi connectivity index (χ4v) is 5.00. The van der Waals surface area contributed by atoms with Gasteiger partial charge in [0.25, 0.3) is 0 Å². The van der Waals surface area contributed by atoms with Gasteiger partial charge in [-0.15, -0.1) is 11.3 Å². The van der Waals surface area contributed by atoms with Crippen LogP contribution < -0.4 is 5.32 Å². The zero-order chi connectivity index (χ0) is 24.6. The predicted molar refractivity (Wildman–Crippen MR) is 139 cm³/mol. The maximum absolute atomic E-state index is 13.5. The molecule has 0 bridgehead atoms. The number of nitrogens with zero attached hydrogens (tertiary/aromatic N) is 3. The highest BCUT2D eigenvalue weighted by Gasteiger charge is 2.39. The molecule has 0 aliphatic rings. The minimum absolute atomic E-state index is 0.0971. The summed E-state index contributed by atoms with van der Waals surface area (Å²) in [6.45, 7) is 5.98. The molecule has 1 N–H and O–H groups in total. The minimum Gasteiger partial charge on any atom is -0.301 e. The first kappa shape index (κ1) is 22.9. The molecule has 3 aromatic carbocycles. The van der Waals surface area contributed by atoms with Crippen molar-refractivity contribution < 1.29 is 9.18 Å². The number of amides is 1. The quantitative estimate of drug-likeness (QED) is 0.291. The maximum Gasteiger partial charge on any atom is 0.232 e. The Morgan fingerprint density at radius 2 is 1.74 bits per heavy atom. The summed E-state index contributed by atoms with van der Waals surface area (Å²) < 4.78 is 15.2. The van der Waals surface area contributed by atoms with Crippen molar-refractivity contribution in [3.8, 4) is 5.69 Å². The van der Waals surface area contributed by atoms with Crippen molar-refractivity contribution in [2.45, 2.75) is 26.7 Å². The Hall–Kier alpha value is -3.84. The van der Waals surface area contributed by atoms with Gasteiger partial charge in [0, 0.05) is 22.9 Å². The number of hydrogen-bond acceptors (Lipinski definition) is 4. The summed E-state index contributed by atoms with van der Waals surface area (Å²) >= 11 is 1.40. The van der Waals surface area contributed by atoms with Crippen molar-refractivity contribution in [3.05, 3.63) is 107 Å². The molecule has 0 saturated carbocycles. The molecule has 35 heavy (non-hydrogen) atoms. The highest BCUT2D eigenvalue weighted by atomic mass is 32.1. The molecule has 1 unspecified atom stereocenters. The summed E-state index contributed by atoms with van der Waals surface area (Å²) in [4.78, 5) is 17.7. The summed E-state index contributed by atoms with van der Waals surface area (Å²) in [5.74, 6) is -0.589. The van der Waals surface area contributed by atoms with Crippen LogP contribution in [0.1, 0.15) is 36.5 Å². The molecule has 5 nitrogen and oxygen atoms in total. The van der Waals surface area contributed by atoms with Gasteiger partial charge in [0.15, 0.2) is 5.13 Å². The number of aromatic nitrogens is 3. The van der Waals surface area contributed by atoms with Gasteiger partial charge in [-0.25, -0.2) is 14.1 Å². The lowest BCUT2D eigenvalue weighted by molar-refractivity contribution is -0.124. The number of nitrogens with one attached hydrogen (secondary N) is 1. The second-order valence-corrected chi connectivity index (χ2v) is 10.1. The van der Waals surface area contributed by atoms with E-state index in [9.17, 15) is 9.18 Å². The van der Waals surface area contributed by atoms with Crippen molar-refractivity contribution in [2.75, 3.05) is 5.32 Å². The number of anilines is 1. The van der Waals surface area contributed by atoms with Crippen LogP contribution in [-0.2, 0) is 4.79 Å². The lowest BCUT2D eigenvalue weighted by Crippen LogP contribution is -2.37. The van der Waals surface area contributed by atoms with Gasteiger partial charge in [-0.05, 0) is 54.4 Å². The van der Waals surface area contributed by atoms with E-state index in [0.717, 1.165) is 33.3 Å². The van der Waals surface area contributed by atoms with Crippen LogP contribution in [0.15, 0.2) is 84.5 Å². The zero-order valence-corrected chi connectivity index (χ0v) is 20.5. The highest BCUT2D eigenvalue weighted by molar-refractivity contribution is 7.13. The van der Waals surface area contributed by atoms with Gasteiger partial charge in [-0.1, -0.05) is 49.7 Å². The van der Waals surface area contributed by atoms with Crippen molar-refractivity contribution in [1.82, 2.24) is 14.8 Å². The van der Waals surface area contributed by atoms with Crippen LogP contribution in [0.25, 0.3) is 16.6 Å². The molecule has 0 aliphatic heterocycles. The van der Waals surface area contributed by atoms with Gasteiger partial charge in [-0.3, -0.25) is 4.79 Å². The van der Waals surface area contributed by atoms with Gasteiger partial charge in [-0.2, -0.15) is 5.10 Å². The van der Waals surface area contributed by atoms with Crippen LogP contribution in [0.5, 0.6) is 0 Å². The molecule has 1 amide bonds. The third-order valence-corrected chi connectivity index (χ3v) is 7.06. The van der Waals surface area contributed by atoms with E-state index in [1.54, 1.807) is 29.2 Å². The third-order valence-electron chi connectivity index (χ3n) is 6.37. The Bertz CT molecular complexity index is 1470. The summed E-state index contributed by atoms with van der Waals surface area (Å²) in [6, 6.07) is 20.7. The Balaban J connectivity index is 1.58. The van der Waals surface area contributed by atoms with Crippen molar-refractivity contribution in [2.24, 2.45) is 5.41 Å². The first-order valence-corrected chi connectivity index (χ1v) is 12.2. The lowest BCUT2D eigenvalue weighted by atomic mass is 9.70. The number of fused-ring (bicyclic) bond motifs is 1. The molecule has 0 aliphatic carbocycles. The third kappa shape index (κ3) is 4.47. The van der Waals surface area contributed by atoms with Gasteiger partial charge in [0.1, 0.15) is 5.82 Å². The Labute approximate surface area is 207 Å². The molecular weight excluding hydrogens is 459 g/mol. The van der Waals surface area contributed by atoms with E-state index in [1.165, 1.54) is 23.5 Å². The average Bonchev–Trinajstić information content (AvgIpc) is 3.51. The number of halogens is 1. The molecule has 1 atom stereocenters. The van der Waals surface area contributed by atoms with E-state index in [0.29, 0.717) is 5.13 Å². The van der Waals surface area contributed by atoms with Gasteiger partial charge in [0.05, 0.1) is 22.8 Å². The smallest absolute Gasteiger partial charge is 0.232 e. The monoisotopic (exact) mass is 484 g/mol. The zero-order valence-electron chi connectivity index (χ0n) is 19.7. The van der Waals surface area contributed by atoms with Crippen LogP contribution >= 0.6 is 11.3 Å². The average molecular weight is 485 g/mol. The fraction of sp³-hybridized carbons (Fsp3) is 0.179. The standard InChI is InChI=1S/C28H25FN4OS/c1-18-4-6-19(7-5-18)25(28(2,3)26(34)32-27-30-14-15-35-27)20-8-13-24-21(16-20)17-31-33(24)23-11-9-22(29)10-12-23/h4-17,25H,1-3H3,(H,30,32,34). The van der Waals surface area contributed by atoms with Gasteiger partial charge < -0.3 is 5.32 Å². The molecule has 5 aromatic rings. The maximum atomic E-state index is 13.5. The largest absolute Gasteiger partial charge is 0.301 e. The van der Waals surface area contributed by atoms with Crippen molar-refractivity contribution >= 4 is 33.3 Å². The van der Waals surface area contributed by atoms with E-state index in [-0.39, 0.29) is 17.6 Å². The molecular formula is C28H25FN4OS. The Kier molecular flexibility index (Phi) is 5.94. The second-order valence-electron chi connectivity index (χ2n) is 9.21. The first-order valence-electron chi connectivity index (χ1n) is 11.3. The van der Waals surface area contributed by atoms with Gasteiger partial charge >= 0.3 is 0 Å². The minimum atomic E-state index is -0.776. The van der Waals surface area contributed by atoms with Gasteiger partial charge in [0.2, 0.25) is 5.91 Å². The van der Waals surface area contributed by atoms with Crippen molar-refractivity contribution in [3.63, 3.8) is 0 Å². The van der Waals surface area contributed by atoms with E-state index >= 15 is 0 Å². The molecule has 176 valence electrons.